The lowest BCUT2D eigenvalue weighted by atomic mass is 9.99. The first-order chi connectivity index (χ1) is 13.7. The molecule has 0 amide bonds. The average molecular weight is 408 g/mol. The summed E-state index contributed by atoms with van der Waals surface area (Å²) >= 11 is 1.83. The van der Waals surface area contributed by atoms with E-state index >= 15 is 0 Å². The molecule has 1 aromatic heterocycles. The Morgan fingerprint density at radius 1 is 1.36 bits per heavy atom. The molecule has 7 heteroatoms. The minimum Gasteiger partial charge on any atom is -0.376 e. The first-order valence-electron chi connectivity index (χ1n) is 10.8. The molecular formula is C21H37N5OS. The van der Waals surface area contributed by atoms with Gasteiger partial charge in [0.1, 0.15) is 0 Å². The minimum absolute atomic E-state index is 0.287. The van der Waals surface area contributed by atoms with E-state index in [-0.39, 0.29) is 6.10 Å². The number of nitrogens with zero attached hydrogens (tertiary/aromatic N) is 3. The van der Waals surface area contributed by atoms with Gasteiger partial charge in [-0.2, -0.15) is 0 Å². The number of thiophene rings is 1. The Hall–Kier alpha value is -1.15. The lowest BCUT2D eigenvalue weighted by Gasteiger charge is -2.36. The van der Waals surface area contributed by atoms with Crippen LogP contribution in [0, 0.1) is 5.92 Å². The van der Waals surface area contributed by atoms with Gasteiger partial charge < -0.3 is 20.3 Å². The standard InChI is InChI=1S/C21H37N5OS/c1-4-22-21(23-13-18-7-5-9-25(3)16-18)24-14-19(20-8-6-12-28-20)26-10-11-27-17(2)15-26/h6,8,12,17-19H,4-5,7,9-11,13-16H2,1-3H3,(H2,22,23,24). The summed E-state index contributed by atoms with van der Waals surface area (Å²) in [6.07, 6.45) is 2.89. The van der Waals surface area contributed by atoms with Crippen molar-refractivity contribution in [3.63, 3.8) is 0 Å². The Morgan fingerprint density at radius 3 is 2.96 bits per heavy atom. The first kappa shape index (κ1) is 21.6. The van der Waals surface area contributed by atoms with Crippen LogP contribution in [0.3, 0.4) is 0 Å². The van der Waals surface area contributed by atoms with Crippen molar-refractivity contribution in [3.8, 4) is 0 Å². The zero-order valence-corrected chi connectivity index (χ0v) is 18.5. The molecule has 2 fully saturated rings. The number of likely N-dealkylation sites (tertiary alicyclic amines) is 1. The SMILES string of the molecule is CCNC(=NCC(c1cccs1)N1CCOC(C)C1)NCC1CCCN(C)C1. The van der Waals surface area contributed by atoms with Crippen molar-refractivity contribution in [2.45, 2.75) is 38.8 Å². The van der Waals surface area contributed by atoms with Crippen LogP contribution in [0.25, 0.3) is 0 Å². The summed E-state index contributed by atoms with van der Waals surface area (Å²) in [6.45, 7) is 12.1. The predicted octanol–water partition coefficient (Wildman–Crippen LogP) is 2.41. The number of rotatable bonds is 7. The molecule has 0 bridgehead atoms. The fourth-order valence-corrected chi connectivity index (χ4v) is 5.05. The van der Waals surface area contributed by atoms with Crippen molar-refractivity contribution in [3.05, 3.63) is 22.4 Å². The first-order valence-corrected chi connectivity index (χ1v) is 11.6. The quantitative estimate of drug-likeness (QED) is 0.537. The number of hydrogen-bond acceptors (Lipinski definition) is 5. The summed E-state index contributed by atoms with van der Waals surface area (Å²) in [6, 6.07) is 4.70. The molecule has 0 aliphatic carbocycles. The Morgan fingerprint density at radius 2 is 2.25 bits per heavy atom. The molecule has 158 valence electrons. The van der Waals surface area contributed by atoms with Crippen LogP contribution in [0.5, 0.6) is 0 Å². The molecule has 0 spiro atoms. The van der Waals surface area contributed by atoms with Gasteiger partial charge in [-0.05, 0) is 57.6 Å². The molecule has 2 aliphatic rings. The summed E-state index contributed by atoms with van der Waals surface area (Å²) < 4.78 is 5.75. The highest BCUT2D eigenvalue weighted by atomic mass is 32.1. The molecule has 1 aromatic rings. The Kier molecular flexibility index (Phi) is 8.58. The topological polar surface area (TPSA) is 52.1 Å². The summed E-state index contributed by atoms with van der Waals surface area (Å²) in [4.78, 5) is 11.3. The fraction of sp³-hybridized carbons (Fsp3) is 0.762. The third-order valence-corrected chi connectivity index (χ3v) is 6.61. The number of nitrogens with one attached hydrogen (secondary N) is 2. The second kappa shape index (κ2) is 11.1. The maximum Gasteiger partial charge on any atom is 0.191 e. The van der Waals surface area contributed by atoms with Gasteiger partial charge in [0.25, 0.3) is 0 Å². The van der Waals surface area contributed by atoms with Crippen molar-refractivity contribution < 1.29 is 4.74 Å². The third kappa shape index (κ3) is 6.44. The zero-order chi connectivity index (χ0) is 19.8. The van der Waals surface area contributed by atoms with Crippen LogP contribution in [-0.4, -0.2) is 81.3 Å². The fourth-order valence-electron chi connectivity index (χ4n) is 4.20. The number of guanidine groups is 1. The molecule has 28 heavy (non-hydrogen) atoms. The average Bonchev–Trinajstić information content (AvgIpc) is 3.21. The highest BCUT2D eigenvalue weighted by Gasteiger charge is 2.26. The number of aliphatic imine (C=N–C) groups is 1. The monoisotopic (exact) mass is 407 g/mol. The highest BCUT2D eigenvalue weighted by molar-refractivity contribution is 7.10. The molecular weight excluding hydrogens is 370 g/mol. The summed E-state index contributed by atoms with van der Waals surface area (Å²) in [5.41, 5.74) is 0. The van der Waals surface area contributed by atoms with E-state index in [0.717, 1.165) is 45.3 Å². The molecule has 3 rings (SSSR count). The zero-order valence-electron chi connectivity index (χ0n) is 17.7. The molecule has 0 radical (unpaired) electrons. The molecule has 2 aliphatic heterocycles. The number of ether oxygens (including phenoxy) is 1. The molecule has 2 saturated heterocycles. The molecule has 2 N–H and O–H groups in total. The van der Waals surface area contributed by atoms with Gasteiger partial charge in [-0.1, -0.05) is 6.07 Å². The van der Waals surface area contributed by atoms with Crippen molar-refractivity contribution in [2.24, 2.45) is 10.9 Å². The highest BCUT2D eigenvalue weighted by Crippen LogP contribution is 2.27. The Bertz CT molecular complexity index is 594. The van der Waals surface area contributed by atoms with Crippen LogP contribution in [-0.2, 0) is 4.74 Å². The third-order valence-electron chi connectivity index (χ3n) is 5.63. The lowest BCUT2D eigenvalue weighted by Crippen LogP contribution is -2.45. The molecule has 6 nitrogen and oxygen atoms in total. The van der Waals surface area contributed by atoms with E-state index in [0.29, 0.717) is 12.0 Å². The van der Waals surface area contributed by atoms with E-state index in [4.69, 9.17) is 9.73 Å². The van der Waals surface area contributed by atoms with Gasteiger partial charge in [0.2, 0.25) is 0 Å². The minimum atomic E-state index is 0.287. The molecule has 0 saturated carbocycles. The van der Waals surface area contributed by atoms with E-state index in [9.17, 15) is 0 Å². The van der Waals surface area contributed by atoms with Crippen LogP contribution in [0.1, 0.15) is 37.6 Å². The van der Waals surface area contributed by atoms with Crippen LogP contribution >= 0.6 is 11.3 Å². The maximum atomic E-state index is 5.75. The van der Waals surface area contributed by atoms with Gasteiger partial charge in [-0.25, -0.2) is 0 Å². The van der Waals surface area contributed by atoms with E-state index in [2.05, 4.69) is 58.8 Å². The van der Waals surface area contributed by atoms with Crippen molar-refractivity contribution in [1.82, 2.24) is 20.4 Å². The summed E-state index contributed by atoms with van der Waals surface area (Å²) in [5, 5.41) is 9.19. The van der Waals surface area contributed by atoms with E-state index < -0.39 is 0 Å². The van der Waals surface area contributed by atoms with Crippen LogP contribution < -0.4 is 10.6 Å². The molecule has 0 aromatic carbocycles. The lowest BCUT2D eigenvalue weighted by molar-refractivity contribution is -0.0327. The number of morpholine rings is 1. The smallest absolute Gasteiger partial charge is 0.191 e. The van der Waals surface area contributed by atoms with E-state index in [1.54, 1.807) is 0 Å². The van der Waals surface area contributed by atoms with Gasteiger partial charge in [0.05, 0.1) is 25.3 Å². The van der Waals surface area contributed by atoms with Gasteiger partial charge in [0, 0.05) is 37.6 Å². The Labute approximate surface area is 174 Å². The Balaban J connectivity index is 1.62. The van der Waals surface area contributed by atoms with E-state index in [1.165, 1.54) is 30.8 Å². The molecule has 3 heterocycles. The summed E-state index contributed by atoms with van der Waals surface area (Å²) in [7, 11) is 2.22. The normalized spacial score (nSPS) is 26.2. The van der Waals surface area contributed by atoms with Gasteiger partial charge in [-0.3, -0.25) is 9.89 Å². The predicted molar refractivity (Wildman–Crippen MR) is 118 cm³/mol. The van der Waals surface area contributed by atoms with Crippen molar-refractivity contribution in [2.75, 3.05) is 59.5 Å². The van der Waals surface area contributed by atoms with Gasteiger partial charge in [0.15, 0.2) is 5.96 Å². The maximum absolute atomic E-state index is 5.75. The van der Waals surface area contributed by atoms with Crippen molar-refractivity contribution >= 4 is 17.3 Å². The molecule has 3 atom stereocenters. The van der Waals surface area contributed by atoms with Crippen molar-refractivity contribution in [1.29, 1.82) is 0 Å². The molecule has 3 unspecified atom stereocenters. The second-order valence-corrected chi connectivity index (χ2v) is 9.06. The largest absolute Gasteiger partial charge is 0.376 e. The van der Waals surface area contributed by atoms with Gasteiger partial charge in [-0.15, -0.1) is 11.3 Å². The van der Waals surface area contributed by atoms with Crippen LogP contribution in [0.2, 0.25) is 0 Å². The van der Waals surface area contributed by atoms with Gasteiger partial charge >= 0.3 is 0 Å². The van der Waals surface area contributed by atoms with E-state index in [1.807, 2.05) is 11.3 Å². The number of piperidine rings is 1. The van der Waals surface area contributed by atoms with Crippen LogP contribution in [0.15, 0.2) is 22.5 Å². The summed E-state index contributed by atoms with van der Waals surface area (Å²) in [5.74, 6) is 1.65. The van der Waals surface area contributed by atoms with Crippen LogP contribution in [0.4, 0.5) is 0 Å². The number of hydrogen-bond donors (Lipinski definition) is 2. The second-order valence-electron chi connectivity index (χ2n) is 8.08.